The van der Waals surface area contributed by atoms with Gasteiger partial charge in [0.2, 0.25) is 5.91 Å². The molecule has 2 amide bonds. The lowest BCUT2D eigenvalue weighted by molar-refractivity contribution is -0.137. The molecule has 0 radical (unpaired) electrons. The first-order chi connectivity index (χ1) is 11.5. The van der Waals surface area contributed by atoms with Crippen molar-refractivity contribution in [1.82, 2.24) is 10.2 Å². The molecule has 0 heterocycles. The lowest BCUT2D eigenvalue weighted by Crippen LogP contribution is -2.35. The highest BCUT2D eigenvalue weighted by molar-refractivity contribution is 8.00. The van der Waals surface area contributed by atoms with Crippen LogP contribution in [0.5, 0.6) is 0 Å². The first-order valence-corrected chi connectivity index (χ1v) is 8.46. The number of methoxy groups -OCH3 is 1. The number of thioether (sulfide) groups is 1. The molecule has 1 rings (SSSR count). The number of carboxylic acid groups (broad SMARTS) is 1. The summed E-state index contributed by atoms with van der Waals surface area (Å²) in [5.41, 5.74) is 0.398. The summed E-state index contributed by atoms with van der Waals surface area (Å²) < 4.78 is 4.86. The molecule has 0 aliphatic carbocycles. The average molecular weight is 354 g/mol. The number of carbonyl (C=O) groups is 3. The van der Waals surface area contributed by atoms with Gasteiger partial charge in [-0.15, -0.1) is 11.8 Å². The van der Waals surface area contributed by atoms with E-state index in [4.69, 9.17) is 9.84 Å². The molecule has 24 heavy (non-hydrogen) atoms. The van der Waals surface area contributed by atoms with Crippen LogP contribution in [0.15, 0.2) is 29.2 Å². The fraction of sp³-hybridized carbons (Fsp3) is 0.438. The summed E-state index contributed by atoms with van der Waals surface area (Å²) in [5.74, 6) is -1.41. The van der Waals surface area contributed by atoms with Crippen molar-refractivity contribution >= 4 is 29.5 Å². The third-order valence-corrected chi connectivity index (χ3v) is 4.17. The van der Waals surface area contributed by atoms with E-state index in [0.717, 1.165) is 0 Å². The minimum absolute atomic E-state index is 0.155. The summed E-state index contributed by atoms with van der Waals surface area (Å²) in [5, 5.41) is 11.6. The summed E-state index contributed by atoms with van der Waals surface area (Å²) in [6.07, 6.45) is 0. The lowest BCUT2D eigenvalue weighted by atomic mass is 10.2. The number of nitrogens with zero attached hydrogens (tertiary/aromatic N) is 1. The van der Waals surface area contributed by atoms with Crippen LogP contribution in [0.3, 0.4) is 0 Å². The van der Waals surface area contributed by atoms with E-state index >= 15 is 0 Å². The number of likely N-dealkylation sites (N-methyl/N-ethyl adjacent to an activating group) is 1. The van der Waals surface area contributed by atoms with Gasteiger partial charge in [0.1, 0.15) is 6.54 Å². The van der Waals surface area contributed by atoms with E-state index in [1.165, 1.54) is 16.7 Å². The van der Waals surface area contributed by atoms with Crippen LogP contribution in [0, 0.1) is 0 Å². The maximum Gasteiger partial charge on any atom is 0.323 e. The fourth-order valence-electron chi connectivity index (χ4n) is 1.92. The van der Waals surface area contributed by atoms with E-state index in [1.54, 1.807) is 38.3 Å². The molecule has 7 nitrogen and oxygen atoms in total. The topological polar surface area (TPSA) is 95.9 Å². The molecule has 0 atom stereocenters. The number of hydrogen-bond donors (Lipinski definition) is 2. The van der Waals surface area contributed by atoms with Crippen LogP contribution in [-0.2, 0) is 14.3 Å². The van der Waals surface area contributed by atoms with Gasteiger partial charge in [-0.05, 0) is 19.1 Å². The van der Waals surface area contributed by atoms with E-state index in [1.807, 2.05) is 0 Å². The normalized spacial score (nSPS) is 10.2. The number of carbonyl (C=O) groups excluding carboxylic acids is 2. The molecule has 132 valence electrons. The summed E-state index contributed by atoms with van der Waals surface area (Å²) >= 11 is 1.24. The Bertz CT molecular complexity index is 579. The van der Waals surface area contributed by atoms with E-state index in [-0.39, 0.29) is 24.1 Å². The van der Waals surface area contributed by atoms with E-state index < -0.39 is 5.97 Å². The van der Waals surface area contributed by atoms with Crippen LogP contribution in [-0.4, -0.2) is 66.9 Å². The molecule has 8 heteroatoms. The van der Waals surface area contributed by atoms with Crippen LogP contribution < -0.4 is 5.32 Å². The van der Waals surface area contributed by atoms with Gasteiger partial charge in [-0.25, -0.2) is 0 Å². The zero-order chi connectivity index (χ0) is 17.9. The predicted molar refractivity (Wildman–Crippen MR) is 91.3 cm³/mol. The molecule has 0 aliphatic rings. The van der Waals surface area contributed by atoms with Crippen molar-refractivity contribution < 1.29 is 24.2 Å². The second kappa shape index (κ2) is 10.7. The molecule has 0 spiro atoms. The first-order valence-electron chi connectivity index (χ1n) is 7.48. The summed E-state index contributed by atoms with van der Waals surface area (Å²) in [6.45, 7) is 2.53. The van der Waals surface area contributed by atoms with Gasteiger partial charge in [-0.1, -0.05) is 12.1 Å². The molecule has 0 fully saturated rings. The monoisotopic (exact) mass is 354 g/mol. The van der Waals surface area contributed by atoms with Crippen molar-refractivity contribution in [2.45, 2.75) is 11.8 Å². The Labute approximate surface area is 145 Å². The van der Waals surface area contributed by atoms with E-state index in [9.17, 15) is 14.4 Å². The maximum absolute atomic E-state index is 12.5. The molecule has 2 N–H and O–H groups in total. The van der Waals surface area contributed by atoms with Gasteiger partial charge < -0.3 is 20.1 Å². The highest BCUT2D eigenvalue weighted by Crippen LogP contribution is 2.23. The van der Waals surface area contributed by atoms with Crippen LogP contribution in [0.1, 0.15) is 17.3 Å². The molecular weight excluding hydrogens is 332 g/mol. The van der Waals surface area contributed by atoms with Gasteiger partial charge in [0.25, 0.3) is 5.91 Å². The molecule has 0 saturated carbocycles. The number of amides is 2. The van der Waals surface area contributed by atoms with Crippen LogP contribution in [0.2, 0.25) is 0 Å². The Morgan fingerprint density at radius 2 is 2.00 bits per heavy atom. The third kappa shape index (κ3) is 6.59. The van der Waals surface area contributed by atoms with Crippen molar-refractivity contribution in [2.75, 3.05) is 39.1 Å². The quantitative estimate of drug-likeness (QED) is 0.482. The molecule has 1 aromatic rings. The number of hydrogen-bond acceptors (Lipinski definition) is 5. The molecule has 0 saturated heterocycles. The highest BCUT2D eigenvalue weighted by Gasteiger charge is 2.20. The number of benzene rings is 1. The molecular formula is C16H22N2O5S. The van der Waals surface area contributed by atoms with E-state index in [2.05, 4.69) is 5.32 Å². The van der Waals surface area contributed by atoms with Crippen molar-refractivity contribution in [3.05, 3.63) is 29.8 Å². The Morgan fingerprint density at radius 3 is 2.62 bits per heavy atom. The minimum Gasteiger partial charge on any atom is -0.480 e. The van der Waals surface area contributed by atoms with Gasteiger partial charge in [-0.2, -0.15) is 0 Å². The molecule has 1 aromatic carbocycles. The Kier molecular flexibility index (Phi) is 8.88. The highest BCUT2D eigenvalue weighted by atomic mass is 32.2. The Morgan fingerprint density at radius 1 is 1.29 bits per heavy atom. The fourth-order valence-corrected chi connectivity index (χ4v) is 2.79. The largest absolute Gasteiger partial charge is 0.480 e. The smallest absolute Gasteiger partial charge is 0.323 e. The van der Waals surface area contributed by atoms with Gasteiger partial charge >= 0.3 is 5.97 Å². The maximum atomic E-state index is 12.5. The number of nitrogens with one attached hydrogen (secondary N) is 1. The Balaban J connectivity index is 2.75. The van der Waals surface area contributed by atoms with Gasteiger partial charge in [-0.3, -0.25) is 14.4 Å². The number of aliphatic carboxylic acids is 1. The SMILES string of the molecule is CCN(CC(=O)O)C(=O)c1ccccc1SCC(=O)NCCOC. The summed E-state index contributed by atoms with van der Waals surface area (Å²) in [4.78, 5) is 37.0. The second-order valence-corrected chi connectivity index (χ2v) is 5.86. The number of carboxylic acids is 1. The standard InChI is InChI=1S/C16H22N2O5S/c1-3-18(10-15(20)21)16(22)12-6-4-5-7-13(12)24-11-14(19)17-8-9-23-2/h4-7H,3,8-11H2,1-2H3,(H,17,19)(H,20,21). The summed E-state index contributed by atoms with van der Waals surface area (Å²) in [6, 6.07) is 6.87. The van der Waals surface area contributed by atoms with Crippen molar-refractivity contribution in [1.29, 1.82) is 0 Å². The van der Waals surface area contributed by atoms with Crippen LogP contribution >= 0.6 is 11.8 Å². The van der Waals surface area contributed by atoms with Crippen LogP contribution in [0.4, 0.5) is 0 Å². The predicted octanol–water partition coefficient (Wildman–Crippen LogP) is 1.09. The molecule has 0 bridgehead atoms. The minimum atomic E-state index is -1.06. The average Bonchev–Trinajstić information content (AvgIpc) is 2.57. The molecule has 0 unspecified atom stereocenters. The third-order valence-electron chi connectivity index (χ3n) is 3.10. The van der Waals surface area contributed by atoms with Crippen LogP contribution in [0.25, 0.3) is 0 Å². The first kappa shape index (κ1) is 20.0. The van der Waals surface area contributed by atoms with E-state index in [0.29, 0.717) is 30.2 Å². The zero-order valence-electron chi connectivity index (χ0n) is 13.8. The second-order valence-electron chi connectivity index (χ2n) is 4.84. The van der Waals surface area contributed by atoms with Crippen molar-refractivity contribution in [3.8, 4) is 0 Å². The Hall–Kier alpha value is -2.06. The molecule has 0 aromatic heterocycles. The summed E-state index contributed by atoms with van der Waals surface area (Å²) in [7, 11) is 1.55. The number of rotatable bonds is 10. The molecule has 0 aliphatic heterocycles. The van der Waals surface area contributed by atoms with Gasteiger partial charge in [0.15, 0.2) is 0 Å². The van der Waals surface area contributed by atoms with Crippen molar-refractivity contribution in [3.63, 3.8) is 0 Å². The van der Waals surface area contributed by atoms with Gasteiger partial charge in [0.05, 0.1) is 17.9 Å². The zero-order valence-corrected chi connectivity index (χ0v) is 14.6. The number of ether oxygens (including phenoxy) is 1. The van der Waals surface area contributed by atoms with Crippen molar-refractivity contribution in [2.24, 2.45) is 0 Å². The lowest BCUT2D eigenvalue weighted by Gasteiger charge is -2.20. The van der Waals surface area contributed by atoms with Gasteiger partial charge in [0, 0.05) is 25.1 Å².